The Labute approximate surface area is 197 Å². The molecule has 0 spiro atoms. The molecule has 0 saturated carbocycles. The molecule has 0 aromatic heterocycles. The van der Waals surface area contributed by atoms with Crippen molar-refractivity contribution in [2.24, 2.45) is 0 Å². The maximum Gasteiger partial charge on any atom is 0.206 e. The molecule has 180 valence electrons. The first-order valence-electron chi connectivity index (χ1n) is 11.0. The molecule has 0 amide bonds. The predicted molar refractivity (Wildman–Crippen MR) is 129 cm³/mol. The first-order valence-corrected chi connectivity index (χ1v) is 12.4. The number of hydrogen-bond donors (Lipinski definition) is 0. The fourth-order valence-electron chi connectivity index (χ4n) is 2.78. The van der Waals surface area contributed by atoms with Gasteiger partial charge in [0.2, 0.25) is 9.84 Å². The molecule has 0 aliphatic carbocycles. The second-order valence-corrected chi connectivity index (χ2v) is 9.84. The van der Waals surface area contributed by atoms with E-state index in [1.165, 1.54) is 24.3 Å². The van der Waals surface area contributed by atoms with Crippen molar-refractivity contribution < 1.29 is 27.4 Å². The molecule has 0 heterocycles. The van der Waals surface area contributed by atoms with E-state index in [4.69, 9.17) is 18.9 Å². The Balaban J connectivity index is 2.06. The van der Waals surface area contributed by atoms with Gasteiger partial charge in [-0.3, -0.25) is 0 Å². The summed E-state index contributed by atoms with van der Waals surface area (Å²) in [6, 6.07) is 12.6. The third-order valence-corrected chi connectivity index (χ3v) is 6.29. The third-order valence-electron chi connectivity index (χ3n) is 4.50. The van der Waals surface area contributed by atoms with Gasteiger partial charge in [0.05, 0.1) is 23.0 Å². The molecule has 0 aliphatic heterocycles. The predicted octanol–water partition coefficient (Wildman–Crippen LogP) is 5.93. The second-order valence-electron chi connectivity index (χ2n) is 7.89. The van der Waals surface area contributed by atoms with E-state index in [2.05, 4.69) is 13.2 Å². The van der Waals surface area contributed by atoms with Gasteiger partial charge in [0.15, 0.2) is 12.6 Å². The Morgan fingerprint density at radius 1 is 0.727 bits per heavy atom. The Hall–Kier alpha value is -2.61. The van der Waals surface area contributed by atoms with Crippen LogP contribution in [0.15, 0.2) is 82.6 Å². The molecule has 7 heteroatoms. The lowest BCUT2D eigenvalue weighted by Crippen LogP contribution is -2.20. The Kier molecular flexibility index (Phi) is 10.2. The minimum atomic E-state index is -3.68. The molecule has 2 atom stereocenters. The first-order chi connectivity index (χ1) is 15.6. The zero-order valence-corrected chi connectivity index (χ0v) is 20.7. The highest BCUT2D eigenvalue weighted by atomic mass is 32.2. The standard InChI is InChI=1S/C26H34O6S/c1-7-25(29-17-19(3)4)31-21-9-13-23(14-10-21)33(27,28)24-15-11-22(12-16-24)32-26(8-2)30-18-20(5)6/h9-16,25-26H,3,5,7-8,17-18H2,1-2,4,6H3. The van der Waals surface area contributed by atoms with Gasteiger partial charge in [-0.1, -0.05) is 38.2 Å². The van der Waals surface area contributed by atoms with E-state index >= 15 is 0 Å². The Morgan fingerprint density at radius 2 is 1.06 bits per heavy atom. The largest absolute Gasteiger partial charge is 0.465 e. The van der Waals surface area contributed by atoms with Crippen LogP contribution in [0, 0.1) is 0 Å². The van der Waals surface area contributed by atoms with E-state index < -0.39 is 22.4 Å². The van der Waals surface area contributed by atoms with Crippen LogP contribution in [0.5, 0.6) is 11.5 Å². The van der Waals surface area contributed by atoms with Crippen LogP contribution in [0.25, 0.3) is 0 Å². The number of hydrogen-bond acceptors (Lipinski definition) is 6. The van der Waals surface area contributed by atoms with E-state index in [-0.39, 0.29) is 9.79 Å². The summed E-state index contributed by atoms with van der Waals surface area (Å²) in [5.41, 5.74) is 1.80. The van der Waals surface area contributed by atoms with Crippen LogP contribution in [-0.4, -0.2) is 34.2 Å². The van der Waals surface area contributed by atoms with Crippen molar-refractivity contribution >= 4 is 9.84 Å². The van der Waals surface area contributed by atoms with Gasteiger partial charge in [-0.25, -0.2) is 8.42 Å². The molecule has 0 N–H and O–H groups in total. The fraction of sp³-hybridized carbons (Fsp3) is 0.385. The van der Waals surface area contributed by atoms with Crippen LogP contribution in [0.2, 0.25) is 0 Å². The van der Waals surface area contributed by atoms with Crippen LogP contribution < -0.4 is 9.47 Å². The van der Waals surface area contributed by atoms with Crippen molar-refractivity contribution in [1.82, 2.24) is 0 Å². The highest BCUT2D eigenvalue weighted by Gasteiger charge is 2.19. The topological polar surface area (TPSA) is 71.1 Å². The van der Waals surface area contributed by atoms with Crippen LogP contribution in [0.3, 0.4) is 0 Å². The summed E-state index contributed by atoms with van der Waals surface area (Å²) in [5.74, 6) is 1.07. The smallest absolute Gasteiger partial charge is 0.206 e. The lowest BCUT2D eigenvalue weighted by molar-refractivity contribution is -0.0730. The molecule has 6 nitrogen and oxygen atoms in total. The van der Waals surface area contributed by atoms with Gasteiger partial charge in [-0.15, -0.1) is 0 Å². The second kappa shape index (κ2) is 12.6. The SMILES string of the molecule is C=C(C)COC(CC)Oc1ccc(S(=O)(=O)c2ccc(OC(CC)OCC(=C)C)cc2)cc1. The van der Waals surface area contributed by atoms with Crippen LogP contribution >= 0.6 is 0 Å². The highest BCUT2D eigenvalue weighted by Crippen LogP contribution is 2.26. The van der Waals surface area contributed by atoms with E-state index in [9.17, 15) is 8.42 Å². The molecule has 0 bridgehead atoms. The molecule has 0 aliphatic rings. The lowest BCUT2D eigenvalue weighted by Gasteiger charge is -2.19. The average Bonchev–Trinajstić information content (AvgIpc) is 2.79. The Bertz CT molecular complexity index is 932. The maximum absolute atomic E-state index is 13.0. The number of sulfone groups is 1. The summed E-state index contributed by atoms with van der Waals surface area (Å²) >= 11 is 0. The summed E-state index contributed by atoms with van der Waals surface area (Å²) in [7, 11) is -3.68. The Morgan fingerprint density at radius 3 is 1.33 bits per heavy atom. The summed E-state index contributed by atoms with van der Waals surface area (Å²) in [5, 5.41) is 0. The summed E-state index contributed by atoms with van der Waals surface area (Å²) in [6.45, 7) is 16.1. The maximum atomic E-state index is 13.0. The van der Waals surface area contributed by atoms with Gasteiger partial charge in [-0.05, 0) is 62.4 Å². The van der Waals surface area contributed by atoms with Crippen molar-refractivity contribution in [2.45, 2.75) is 62.9 Å². The van der Waals surface area contributed by atoms with Crippen molar-refractivity contribution in [1.29, 1.82) is 0 Å². The normalized spacial score (nSPS) is 13.2. The van der Waals surface area contributed by atoms with Crippen molar-refractivity contribution in [3.63, 3.8) is 0 Å². The number of ether oxygens (including phenoxy) is 4. The molecule has 2 unspecified atom stereocenters. The van der Waals surface area contributed by atoms with E-state index in [1.807, 2.05) is 27.7 Å². The fourth-order valence-corrected chi connectivity index (χ4v) is 4.04. The quantitative estimate of drug-likeness (QED) is 0.249. The summed E-state index contributed by atoms with van der Waals surface area (Å²) in [4.78, 5) is 0.353. The molecule has 2 aromatic carbocycles. The minimum Gasteiger partial charge on any atom is -0.465 e. The first kappa shape index (κ1) is 26.6. The molecule has 2 rings (SSSR count). The zero-order valence-electron chi connectivity index (χ0n) is 19.9. The molecular weight excluding hydrogens is 440 g/mol. The third kappa shape index (κ3) is 8.35. The van der Waals surface area contributed by atoms with E-state index in [0.717, 1.165) is 11.1 Å². The van der Waals surface area contributed by atoms with Gasteiger partial charge >= 0.3 is 0 Å². The minimum absolute atomic E-state index is 0.177. The zero-order chi connectivity index (χ0) is 24.4. The molecule has 0 radical (unpaired) electrons. The van der Waals surface area contributed by atoms with Crippen LogP contribution in [0.4, 0.5) is 0 Å². The van der Waals surface area contributed by atoms with Gasteiger partial charge in [-0.2, -0.15) is 0 Å². The highest BCUT2D eigenvalue weighted by molar-refractivity contribution is 7.91. The molecule has 0 fully saturated rings. The van der Waals surface area contributed by atoms with Crippen molar-refractivity contribution in [3.05, 3.63) is 72.8 Å². The molecule has 2 aromatic rings. The number of benzene rings is 2. The monoisotopic (exact) mass is 474 g/mol. The average molecular weight is 475 g/mol. The van der Waals surface area contributed by atoms with Crippen molar-refractivity contribution in [2.75, 3.05) is 13.2 Å². The van der Waals surface area contributed by atoms with Crippen molar-refractivity contribution in [3.8, 4) is 11.5 Å². The summed E-state index contributed by atoms with van der Waals surface area (Å²) in [6.07, 6.45) is 0.448. The molecule has 33 heavy (non-hydrogen) atoms. The van der Waals surface area contributed by atoms with E-state index in [0.29, 0.717) is 37.6 Å². The molecule has 0 saturated heterocycles. The van der Waals surface area contributed by atoms with Gasteiger partial charge in [0, 0.05) is 12.8 Å². The summed E-state index contributed by atoms with van der Waals surface area (Å²) < 4.78 is 48.9. The van der Waals surface area contributed by atoms with Crippen LogP contribution in [-0.2, 0) is 19.3 Å². The van der Waals surface area contributed by atoms with Gasteiger partial charge in [0.1, 0.15) is 11.5 Å². The number of rotatable bonds is 14. The lowest BCUT2D eigenvalue weighted by atomic mass is 10.3. The van der Waals surface area contributed by atoms with Crippen LogP contribution in [0.1, 0.15) is 40.5 Å². The molecular formula is C26H34O6S. The van der Waals surface area contributed by atoms with Gasteiger partial charge < -0.3 is 18.9 Å². The van der Waals surface area contributed by atoms with Gasteiger partial charge in [0.25, 0.3) is 0 Å². The van der Waals surface area contributed by atoms with E-state index in [1.54, 1.807) is 24.3 Å².